The van der Waals surface area contributed by atoms with Gasteiger partial charge in [0.2, 0.25) is 0 Å². The second kappa shape index (κ2) is 10.8. The molecule has 2 N–H and O–H groups in total. The lowest BCUT2D eigenvalue weighted by Crippen LogP contribution is -2.39. The van der Waals surface area contributed by atoms with E-state index in [9.17, 15) is 0 Å². The molecule has 0 saturated heterocycles. The van der Waals surface area contributed by atoms with Crippen LogP contribution >= 0.6 is 0 Å². The van der Waals surface area contributed by atoms with Gasteiger partial charge in [-0.2, -0.15) is 0 Å². The molecular formula is C16H27N3O2. The van der Waals surface area contributed by atoms with Gasteiger partial charge in [-0.25, -0.2) is 0 Å². The Bertz CT molecular complexity index is 422. The van der Waals surface area contributed by atoms with Crippen molar-refractivity contribution in [1.29, 1.82) is 0 Å². The largest absolute Gasteiger partial charge is 0.497 e. The average molecular weight is 293 g/mol. The summed E-state index contributed by atoms with van der Waals surface area (Å²) in [5.41, 5.74) is 0. The minimum absolute atomic E-state index is 0.572. The molecule has 0 aliphatic carbocycles. The predicted octanol–water partition coefficient (Wildman–Crippen LogP) is 2.43. The van der Waals surface area contributed by atoms with Gasteiger partial charge in [0, 0.05) is 19.7 Å². The Kier molecular flexibility index (Phi) is 8.84. The third-order valence-corrected chi connectivity index (χ3v) is 3.00. The number of aliphatic imine (C=N–C) groups is 1. The molecule has 0 radical (unpaired) electrons. The maximum Gasteiger partial charge on any atom is 0.191 e. The Morgan fingerprint density at radius 3 is 2.62 bits per heavy atom. The monoisotopic (exact) mass is 293 g/mol. The van der Waals surface area contributed by atoms with Crippen LogP contribution in [0.25, 0.3) is 0 Å². The normalized spacial score (nSPS) is 11.1. The fourth-order valence-electron chi connectivity index (χ4n) is 1.83. The van der Waals surface area contributed by atoms with E-state index in [2.05, 4.69) is 22.5 Å². The molecule has 1 rings (SSSR count). The van der Waals surface area contributed by atoms with Crippen LogP contribution < -0.4 is 20.1 Å². The molecule has 0 spiro atoms. The van der Waals surface area contributed by atoms with Crippen LogP contribution in [0.3, 0.4) is 0 Å². The second-order valence-corrected chi connectivity index (χ2v) is 4.66. The van der Waals surface area contributed by atoms with Crippen LogP contribution in [-0.4, -0.2) is 39.8 Å². The fourth-order valence-corrected chi connectivity index (χ4v) is 1.83. The van der Waals surface area contributed by atoms with Gasteiger partial charge < -0.3 is 20.1 Å². The van der Waals surface area contributed by atoms with Gasteiger partial charge in [-0.05, 0) is 18.6 Å². The van der Waals surface area contributed by atoms with Gasteiger partial charge in [0.25, 0.3) is 0 Å². The molecule has 0 saturated carbocycles. The maximum atomic E-state index is 5.66. The summed E-state index contributed by atoms with van der Waals surface area (Å²) >= 11 is 0. The van der Waals surface area contributed by atoms with E-state index >= 15 is 0 Å². The number of unbranched alkanes of at least 4 members (excludes halogenated alkanes) is 2. The van der Waals surface area contributed by atoms with Gasteiger partial charge in [-0.15, -0.1) is 0 Å². The van der Waals surface area contributed by atoms with E-state index in [0.717, 1.165) is 30.4 Å². The van der Waals surface area contributed by atoms with Crippen LogP contribution in [0.2, 0.25) is 0 Å². The SMILES string of the molecule is CCCCCNC(=NC)NCCOc1cccc(OC)c1. The van der Waals surface area contributed by atoms with Gasteiger partial charge in [0.05, 0.1) is 13.7 Å². The molecule has 21 heavy (non-hydrogen) atoms. The summed E-state index contributed by atoms with van der Waals surface area (Å²) < 4.78 is 10.8. The number of guanidine groups is 1. The third kappa shape index (κ3) is 7.44. The zero-order valence-corrected chi connectivity index (χ0v) is 13.3. The minimum Gasteiger partial charge on any atom is -0.497 e. The van der Waals surface area contributed by atoms with Crippen LogP contribution in [0.1, 0.15) is 26.2 Å². The molecule has 5 nitrogen and oxygen atoms in total. The molecule has 118 valence electrons. The van der Waals surface area contributed by atoms with Crippen LogP contribution in [-0.2, 0) is 0 Å². The molecule has 0 fully saturated rings. The Hall–Kier alpha value is -1.91. The molecule has 0 aromatic heterocycles. The van der Waals surface area contributed by atoms with Crippen molar-refractivity contribution in [1.82, 2.24) is 10.6 Å². The first kappa shape index (κ1) is 17.1. The third-order valence-electron chi connectivity index (χ3n) is 3.00. The number of rotatable bonds is 9. The highest BCUT2D eigenvalue weighted by Gasteiger charge is 1.98. The standard InChI is InChI=1S/C16H27N3O2/c1-4-5-6-10-18-16(17-2)19-11-12-21-15-9-7-8-14(13-15)20-3/h7-9,13H,4-6,10-12H2,1-3H3,(H2,17,18,19). The number of benzene rings is 1. The summed E-state index contributed by atoms with van der Waals surface area (Å²) in [6.45, 7) is 4.42. The molecular weight excluding hydrogens is 266 g/mol. The molecule has 0 unspecified atom stereocenters. The van der Waals surface area contributed by atoms with E-state index in [1.54, 1.807) is 14.2 Å². The van der Waals surface area contributed by atoms with Crippen molar-refractivity contribution in [3.05, 3.63) is 24.3 Å². The van der Waals surface area contributed by atoms with Crippen molar-refractivity contribution < 1.29 is 9.47 Å². The molecule has 0 atom stereocenters. The highest BCUT2D eigenvalue weighted by atomic mass is 16.5. The highest BCUT2D eigenvalue weighted by Crippen LogP contribution is 2.18. The number of nitrogens with one attached hydrogen (secondary N) is 2. The van der Waals surface area contributed by atoms with Gasteiger partial charge in [-0.3, -0.25) is 4.99 Å². The summed E-state index contributed by atoms with van der Waals surface area (Å²) in [5.74, 6) is 2.43. The molecule has 1 aromatic rings. The highest BCUT2D eigenvalue weighted by molar-refractivity contribution is 5.79. The number of ether oxygens (including phenoxy) is 2. The Morgan fingerprint density at radius 1 is 1.14 bits per heavy atom. The molecule has 0 aliphatic heterocycles. The van der Waals surface area contributed by atoms with Gasteiger partial charge in [0.1, 0.15) is 18.1 Å². The first-order valence-electron chi connectivity index (χ1n) is 7.51. The number of hydrogen-bond donors (Lipinski definition) is 2. The van der Waals surface area contributed by atoms with Crippen molar-refractivity contribution in [2.45, 2.75) is 26.2 Å². The van der Waals surface area contributed by atoms with E-state index in [1.807, 2.05) is 24.3 Å². The average Bonchev–Trinajstić information content (AvgIpc) is 2.53. The van der Waals surface area contributed by atoms with Crippen molar-refractivity contribution in [3.8, 4) is 11.5 Å². The maximum absolute atomic E-state index is 5.66. The minimum atomic E-state index is 0.572. The Balaban J connectivity index is 2.19. The summed E-state index contributed by atoms with van der Waals surface area (Å²) in [7, 11) is 3.42. The van der Waals surface area contributed by atoms with Crippen molar-refractivity contribution >= 4 is 5.96 Å². The first-order valence-corrected chi connectivity index (χ1v) is 7.51. The topological polar surface area (TPSA) is 54.9 Å². The fraction of sp³-hybridized carbons (Fsp3) is 0.562. The van der Waals surface area contributed by atoms with E-state index in [0.29, 0.717) is 13.2 Å². The zero-order chi connectivity index (χ0) is 15.3. The Morgan fingerprint density at radius 2 is 1.90 bits per heavy atom. The van der Waals surface area contributed by atoms with Crippen LogP contribution in [0.15, 0.2) is 29.3 Å². The lowest BCUT2D eigenvalue weighted by atomic mass is 10.2. The number of hydrogen-bond acceptors (Lipinski definition) is 3. The lowest BCUT2D eigenvalue weighted by Gasteiger charge is -2.12. The summed E-state index contributed by atoms with van der Waals surface area (Å²) in [4.78, 5) is 4.18. The van der Waals surface area contributed by atoms with Gasteiger partial charge >= 0.3 is 0 Å². The van der Waals surface area contributed by atoms with Crippen LogP contribution in [0, 0.1) is 0 Å². The molecule has 0 aliphatic rings. The van der Waals surface area contributed by atoms with Crippen molar-refractivity contribution in [2.24, 2.45) is 4.99 Å². The van der Waals surface area contributed by atoms with Crippen molar-refractivity contribution in [3.63, 3.8) is 0 Å². The second-order valence-electron chi connectivity index (χ2n) is 4.66. The Labute approximate surface area is 127 Å². The van der Waals surface area contributed by atoms with E-state index in [1.165, 1.54) is 12.8 Å². The van der Waals surface area contributed by atoms with E-state index in [-0.39, 0.29) is 0 Å². The van der Waals surface area contributed by atoms with Gasteiger partial charge in [-0.1, -0.05) is 25.8 Å². The molecule has 1 aromatic carbocycles. The molecule has 0 heterocycles. The number of nitrogens with zero attached hydrogens (tertiary/aromatic N) is 1. The molecule has 0 bridgehead atoms. The first-order chi connectivity index (χ1) is 10.3. The quantitative estimate of drug-likeness (QED) is 0.417. The van der Waals surface area contributed by atoms with Crippen molar-refractivity contribution in [2.75, 3.05) is 33.9 Å². The van der Waals surface area contributed by atoms with E-state index in [4.69, 9.17) is 9.47 Å². The number of methoxy groups -OCH3 is 1. The smallest absolute Gasteiger partial charge is 0.191 e. The predicted molar refractivity (Wildman–Crippen MR) is 87.4 cm³/mol. The summed E-state index contributed by atoms with van der Waals surface area (Å²) in [6.07, 6.45) is 3.63. The van der Waals surface area contributed by atoms with E-state index < -0.39 is 0 Å². The van der Waals surface area contributed by atoms with Crippen LogP contribution in [0.4, 0.5) is 0 Å². The summed E-state index contributed by atoms with van der Waals surface area (Å²) in [6, 6.07) is 7.60. The lowest BCUT2D eigenvalue weighted by molar-refractivity contribution is 0.319. The van der Waals surface area contributed by atoms with Crippen LogP contribution in [0.5, 0.6) is 11.5 Å². The van der Waals surface area contributed by atoms with Gasteiger partial charge in [0.15, 0.2) is 5.96 Å². The summed E-state index contributed by atoms with van der Waals surface area (Å²) in [5, 5.41) is 6.51. The zero-order valence-electron chi connectivity index (χ0n) is 13.3. The molecule has 0 amide bonds. The molecule has 5 heteroatoms.